The van der Waals surface area contributed by atoms with E-state index < -0.39 is 0 Å². The number of pyridine rings is 1. The molecule has 1 aromatic carbocycles. The van der Waals surface area contributed by atoms with Crippen molar-refractivity contribution < 1.29 is 4.39 Å². The van der Waals surface area contributed by atoms with Crippen molar-refractivity contribution in [3.05, 3.63) is 38.7 Å². The third-order valence-electron chi connectivity index (χ3n) is 2.02. The van der Waals surface area contributed by atoms with Crippen molar-refractivity contribution in [1.82, 2.24) is 4.98 Å². The molecule has 0 aliphatic rings. The van der Waals surface area contributed by atoms with Crippen LogP contribution in [0.5, 0.6) is 0 Å². The van der Waals surface area contributed by atoms with Gasteiger partial charge in [0.05, 0.1) is 9.99 Å². The molecule has 0 spiro atoms. The molecule has 0 unspecified atom stereocenters. The second-order valence-electron chi connectivity index (χ2n) is 3.02. The molecular formula is C10H6Br2FN. The maximum absolute atomic E-state index is 13.3. The summed E-state index contributed by atoms with van der Waals surface area (Å²) >= 11 is 6.50. The number of nitrogens with zero attached hydrogens (tertiary/aromatic N) is 1. The zero-order valence-corrected chi connectivity index (χ0v) is 10.5. The number of aromatic nitrogens is 1. The van der Waals surface area contributed by atoms with Gasteiger partial charge in [-0.1, -0.05) is 0 Å². The van der Waals surface area contributed by atoms with Crippen molar-refractivity contribution in [1.29, 1.82) is 0 Å². The van der Waals surface area contributed by atoms with Crippen molar-refractivity contribution in [2.75, 3.05) is 0 Å². The van der Waals surface area contributed by atoms with E-state index in [-0.39, 0.29) is 5.82 Å². The van der Waals surface area contributed by atoms with E-state index in [0.29, 0.717) is 4.47 Å². The quantitative estimate of drug-likeness (QED) is 0.663. The van der Waals surface area contributed by atoms with Crippen LogP contribution in [-0.4, -0.2) is 4.98 Å². The lowest BCUT2D eigenvalue weighted by Gasteiger charge is -2.05. The monoisotopic (exact) mass is 317 g/mol. The molecule has 1 nitrogen and oxygen atoms in total. The molecule has 4 heteroatoms. The number of halogens is 3. The van der Waals surface area contributed by atoms with E-state index in [1.165, 1.54) is 6.07 Å². The van der Waals surface area contributed by atoms with Crippen LogP contribution in [0.4, 0.5) is 4.39 Å². The molecule has 0 saturated carbocycles. The smallest absolute Gasteiger partial charge is 0.138 e. The molecule has 2 aromatic rings. The Morgan fingerprint density at radius 2 is 2.00 bits per heavy atom. The van der Waals surface area contributed by atoms with Gasteiger partial charge in [-0.2, -0.15) is 0 Å². The fourth-order valence-corrected chi connectivity index (χ4v) is 2.11. The van der Waals surface area contributed by atoms with Crippen LogP contribution in [-0.2, 0) is 0 Å². The first-order valence-electron chi connectivity index (χ1n) is 4.00. The van der Waals surface area contributed by atoms with Crippen LogP contribution in [0.1, 0.15) is 5.56 Å². The summed E-state index contributed by atoms with van der Waals surface area (Å²) in [5.74, 6) is -0.251. The van der Waals surface area contributed by atoms with Gasteiger partial charge < -0.3 is 0 Å². The molecule has 0 amide bonds. The van der Waals surface area contributed by atoms with Crippen LogP contribution >= 0.6 is 31.9 Å². The Kier molecular flexibility index (Phi) is 2.58. The number of aryl methyl sites for hydroxylation is 1. The number of rotatable bonds is 0. The van der Waals surface area contributed by atoms with Crippen molar-refractivity contribution in [3.8, 4) is 0 Å². The van der Waals surface area contributed by atoms with Gasteiger partial charge in [0.25, 0.3) is 0 Å². The Morgan fingerprint density at radius 3 is 2.71 bits per heavy atom. The van der Waals surface area contributed by atoms with Gasteiger partial charge in [-0.3, -0.25) is 0 Å². The maximum atomic E-state index is 13.3. The van der Waals surface area contributed by atoms with E-state index in [1.807, 2.05) is 13.0 Å². The van der Waals surface area contributed by atoms with Crippen LogP contribution in [0.2, 0.25) is 0 Å². The van der Waals surface area contributed by atoms with Gasteiger partial charge in [0.1, 0.15) is 10.4 Å². The highest BCUT2D eigenvalue weighted by atomic mass is 79.9. The predicted molar refractivity (Wildman–Crippen MR) is 61.8 cm³/mol. The standard InChI is InChI=1S/C10H6Br2FN/c1-5-4-7(13)9(12)6-2-3-8(11)14-10(5)6/h2-4H,1H3. The molecule has 0 fully saturated rings. The molecule has 72 valence electrons. The number of hydrogen-bond donors (Lipinski definition) is 0. The second kappa shape index (κ2) is 3.59. The van der Waals surface area contributed by atoms with Crippen LogP contribution in [0.25, 0.3) is 10.9 Å². The Balaban J connectivity index is 2.94. The van der Waals surface area contributed by atoms with E-state index >= 15 is 0 Å². The summed E-state index contributed by atoms with van der Waals surface area (Å²) in [6, 6.07) is 5.12. The number of benzene rings is 1. The topological polar surface area (TPSA) is 12.9 Å². The maximum Gasteiger partial charge on any atom is 0.138 e. The van der Waals surface area contributed by atoms with Crippen LogP contribution < -0.4 is 0 Å². The summed E-state index contributed by atoms with van der Waals surface area (Å²) in [6.07, 6.45) is 0. The first kappa shape index (κ1) is 10.1. The minimum atomic E-state index is -0.251. The largest absolute Gasteiger partial charge is 0.241 e. The molecule has 0 saturated heterocycles. The molecule has 0 N–H and O–H groups in total. The summed E-state index contributed by atoms with van der Waals surface area (Å²) in [6.45, 7) is 1.84. The minimum absolute atomic E-state index is 0.251. The Labute approximate surface area is 97.6 Å². The van der Waals surface area contributed by atoms with E-state index in [4.69, 9.17) is 0 Å². The van der Waals surface area contributed by atoms with Crippen molar-refractivity contribution in [2.24, 2.45) is 0 Å². The highest BCUT2D eigenvalue weighted by Crippen LogP contribution is 2.29. The first-order valence-corrected chi connectivity index (χ1v) is 5.59. The van der Waals surface area contributed by atoms with Crippen molar-refractivity contribution in [2.45, 2.75) is 6.92 Å². The SMILES string of the molecule is Cc1cc(F)c(Br)c2ccc(Br)nc12. The lowest BCUT2D eigenvalue weighted by Crippen LogP contribution is -1.88. The van der Waals surface area contributed by atoms with Gasteiger partial charge in [-0.15, -0.1) is 0 Å². The molecule has 0 aliphatic carbocycles. The molecule has 0 bridgehead atoms. The van der Waals surface area contributed by atoms with Crippen LogP contribution in [0.3, 0.4) is 0 Å². The molecule has 14 heavy (non-hydrogen) atoms. The van der Waals surface area contributed by atoms with Gasteiger partial charge in [0, 0.05) is 5.39 Å². The summed E-state index contributed by atoms with van der Waals surface area (Å²) in [7, 11) is 0. The fraction of sp³-hybridized carbons (Fsp3) is 0.100. The normalized spacial score (nSPS) is 10.9. The second-order valence-corrected chi connectivity index (χ2v) is 4.62. The predicted octanol–water partition coefficient (Wildman–Crippen LogP) is 4.21. The molecule has 2 rings (SSSR count). The zero-order valence-electron chi connectivity index (χ0n) is 7.31. The summed E-state index contributed by atoms with van der Waals surface area (Å²) < 4.78 is 14.6. The number of hydrogen-bond acceptors (Lipinski definition) is 1. The molecular weight excluding hydrogens is 313 g/mol. The van der Waals surface area contributed by atoms with Gasteiger partial charge in [0.15, 0.2) is 0 Å². The summed E-state index contributed by atoms with van der Waals surface area (Å²) in [5, 5.41) is 0.797. The highest BCUT2D eigenvalue weighted by molar-refractivity contribution is 9.11. The molecule has 1 aromatic heterocycles. The third-order valence-corrected chi connectivity index (χ3v) is 3.27. The zero-order chi connectivity index (χ0) is 10.3. The van der Waals surface area contributed by atoms with Gasteiger partial charge in [-0.25, -0.2) is 9.37 Å². The van der Waals surface area contributed by atoms with Gasteiger partial charge >= 0.3 is 0 Å². The average Bonchev–Trinajstić information content (AvgIpc) is 2.14. The van der Waals surface area contributed by atoms with Crippen molar-refractivity contribution >= 4 is 42.8 Å². The molecule has 1 heterocycles. The Bertz CT molecular complexity index is 511. The number of fused-ring (bicyclic) bond motifs is 1. The first-order chi connectivity index (χ1) is 6.59. The van der Waals surface area contributed by atoms with Gasteiger partial charge in [-0.05, 0) is 62.5 Å². The summed E-state index contributed by atoms with van der Waals surface area (Å²) in [4.78, 5) is 4.30. The molecule has 0 atom stereocenters. The van der Waals surface area contributed by atoms with E-state index in [0.717, 1.165) is 21.1 Å². The lowest BCUT2D eigenvalue weighted by molar-refractivity contribution is 0.622. The van der Waals surface area contributed by atoms with E-state index in [1.54, 1.807) is 6.07 Å². The highest BCUT2D eigenvalue weighted by Gasteiger charge is 2.08. The Morgan fingerprint density at radius 1 is 1.29 bits per heavy atom. The average molecular weight is 319 g/mol. The van der Waals surface area contributed by atoms with E-state index in [9.17, 15) is 4.39 Å². The molecule has 0 radical (unpaired) electrons. The minimum Gasteiger partial charge on any atom is -0.241 e. The summed E-state index contributed by atoms with van der Waals surface area (Å²) in [5.41, 5.74) is 1.65. The van der Waals surface area contributed by atoms with E-state index in [2.05, 4.69) is 36.8 Å². The third kappa shape index (κ3) is 1.57. The molecule has 0 aliphatic heterocycles. The fourth-order valence-electron chi connectivity index (χ4n) is 1.36. The van der Waals surface area contributed by atoms with Crippen LogP contribution in [0.15, 0.2) is 27.3 Å². The van der Waals surface area contributed by atoms with Crippen molar-refractivity contribution in [3.63, 3.8) is 0 Å². The van der Waals surface area contributed by atoms with Crippen LogP contribution in [0, 0.1) is 12.7 Å². The van der Waals surface area contributed by atoms with Gasteiger partial charge in [0.2, 0.25) is 0 Å². The lowest BCUT2D eigenvalue weighted by atomic mass is 10.1. The Hall–Kier alpha value is -0.480.